The number of piperidine rings is 2. The highest BCUT2D eigenvalue weighted by molar-refractivity contribution is 5.85. The topological polar surface area (TPSA) is 50.8 Å². The molecule has 2 aliphatic heterocycles. The van der Waals surface area contributed by atoms with Crippen LogP contribution in [0.1, 0.15) is 31.2 Å². The molecule has 2 heterocycles. The SMILES string of the molecule is COc1ccccc1CC1CCN(C(=O)C2(OC)CCNCC2)CC1. The lowest BCUT2D eigenvalue weighted by Crippen LogP contribution is -2.56. The number of nitrogens with zero attached hydrogens (tertiary/aromatic N) is 1. The summed E-state index contributed by atoms with van der Waals surface area (Å²) in [5.41, 5.74) is 0.655. The minimum Gasteiger partial charge on any atom is -0.496 e. The zero-order valence-electron chi connectivity index (χ0n) is 15.4. The van der Waals surface area contributed by atoms with Crippen LogP contribution in [0.25, 0.3) is 0 Å². The lowest BCUT2D eigenvalue weighted by Gasteiger charge is -2.41. The number of nitrogens with one attached hydrogen (secondary N) is 1. The normalized spacial score (nSPS) is 21.1. The number of carbonyl (C=O) groups excluding carboxylic acids is 1. The zero-order chi connectivity index (χ0) is 17.7. The molecule has 5 heteroatoms. The molecule has 3 rings (SSSR count). The van der Waals surface area contributed by atoms with Crippen molar-refractivity contribution in [3.63, 3.8) is 0 Å². The van der Waals surface area contributed by atoms with Crippen molar-refractivity contribution in [3.05, 3.63) is 29.8 Å². The first-order valence-electron chi connectivity index (χ1n) is 9.35. The second-order valence-electron chi connectivity index (χ2n) is 7.20. The highest BCUT2D eigenvalue weighted by atomic mass is 16.5. The number of carbonyl (C=O) groups is 1. The molecule has 0 radical (unpaired) electrons. The molecule has 0 aliphatic carbocycles. The van der Waals surface area contributed by atoms with Crippen molar-refractivity contribution in [3.8, 4) is 5.75 Å². The van der Waals surface area contributed by atoms with Crippen LogP contribution in [0.3, 0.4) is 0 Å². The van der Waals surface area contributed by atoms with Gasteiger partial charge in [-0.05, 0) is 62.7 Å². The quantitative estimate of drug-likeness (QED) is 0.888. The van der Waals surface area contributed by atoms with Crippen LogP contribution in [0.5, 0.6) is 5.75 Å². The average molecular weight is 346 g/mol. The van der Waals surface area contributed by atoms with Gasteiger partial charge in [-0.1, -0.05) is 18.2 Å². The van der Waals surface area contributed by atoms with Gasteiger partial charge >= 0.3 is 0 Å². The maximum atomic E-state index is 13.0. The Labute approximate surface area is 150 Å². The minimum atomic E-state index is -0.610. The lowest BCUT2D eigenvalue weighted by molar-refractivity contribution is -0.159. The molecule has 0 spiro atoms. The van der Waals surface area contributed by atoms with E-state index in [4.69, 9.17) is 9.47 Å². The second-order valence-corrected chi connectivity index (χ2v) is 7.20. The van der Waals surface area contributed by atoms with Crippen LogP contribution < -0.4 is 10.1 Å². The maximum absolute atomic E-state index is 13.0. The molecule has 1 amide bonds. The number of rotatable bonds is 5. The van der Waals surface area contributed by atoms with Crippen LogP contribution in [0.2, 0.25) is 0 Å². The summed E-state index contributed by atoms with van der Waals surface area (Å²) in [4.78, 5) is 15.0. The Balaban J connectivity index is 1.57. The van der Waals surface area contributed by atoms with Crippen molar-refractivity contribution in [2.45, 2.75) is 37.7 Å². The Morgan fingerprint density at radius 1 is 1.20 bits per heavy atom. The van der Waals surface area contributed by atoms with E-state index in [0.717, 1.165) is 64.0 Å². The Bertz CT molecular complexity index is 576. The largest absolute Gasteiger partial charge is 0.496 e. The predicted molar refractivity (Wildman–Crippen MR) is 97.8 cm³/mol. The predicted octanol–water partition coefficient (Wildman–Crippen LogP) is 2.24. The molecule has 1 aromatic rings. The Hall–Kier alpha value is -1.59. The molecule has 0 saturated carbocycles. The van der Waals surface area contributed by atoms with E-state index in [2.05, 4.69) is 17.4 Å². The van der Waals surface area contributed by atoms with Crippen LogP contribution in [0, 0.1) is 5.92 Å². The molecule has 25 heavy (non-hydrogen) atoms. The van der Waals surface area contributed by atoms with Crippen molar-refractivity contribution in [2.24, 2.45) is 5.92 Å². The van der Waals surface area contributed by atoms with Crippen molar-refractivity contribution >= 4 is 5.91 Å². The third kappa shape index (κ3) is 3.98. The fourth-order valence-corrected chi connectivity index (χ4v) is 4.15. The van der Waals surface area contributed by atoms with E-state index in [1.54, 1.807) is 14.2 Å². The zero-order valence-corrected chi connectivity index (χ0v) is 15.4. The fourth-order valence-electron chi connectivity index (χ4n) is 4.15. The van der Waals surface area contributed by atoms with E-state index in [1.807, 2.05) is 17.0 Å². The first kappa shape index (κ1) is 18.2. The highest BCUT2D eigenvalue weighted by Gasteiger charge is 2.43. The van der Waals surface area contributed by atoms with E-state index in [-0.39, 0.29) is 5.91 Å². The molecule has 0 atom stereocenters. The molecule has 0 unspecified atom stereocenters. The highest BCUT2D eigenvalue weighted by Crippen LogP contribution is 2.30. The second kappa shape index (κ2) is 8.19. The van der Waals surface area contributed by atoms with Crippen molar-refractivity contribution < 1.29 is 14.3 Å². The number of ether oxygens (including phenoxy) is 2. The molecule has 5 nitrogen and oxygen atoms in total. The number of methoxy groups -OCH3 is 2. The van der Waals surface area contributed by atoms with E-state index in [9.17, 15) is 4.79 Å². The van der Waals surface area contributed by atoms with Gasteiger partial charge in [0.1, 0.15) is 11.4 Å². The summed E-state index contributed by atoms with van der Waals surface area (Å²) in [6, 6.07) is 8.24. The number of likely N-dealkylation sites (tertiary alicyclic amines) is 1. The Kier molecular flexibility index (Phi) is 5.97. The van der Waals surface area contributed by atoms with Crippen molar-refractivity contribution in [2.75, 3.05) is 40.4 Å². The van der Waals surface area contributed by atoms with Gasteiger partial charge < -0.3 is 19.7 Å². The lowest BCUT2D eigenvalue weighted by atomic mass is 9.86. The molecule has 2 aliphatic rings. The van der Waals surface area contributed by atoms with Gasteiger partial charge in [-0.25, -0.2) is 0 Å². The average Bonchev–Trinajstić information content (AvgIpc) is 2.69. The summed E-state index contributed by atoms with van der Waals surface area (Å²) in [5.74, 6) is 1.76. The van der Waals surface area contributed by atoms with Gasteiger partial charge in [0, 0.05) is 20.2 Å². The molecular formula is C20H30N2O3. The van der Waals surface area contributed by atoms with Crippen LogP contribution in [0.4, 0.5) is 0 Å². The van der Waals surface area contributed by atoms with Gasteiger partial charge in [0.2, 0.25) is 0 Å². The number of hydrogen-bond acceptors (Lipinski definition) is 4. The van der Waals surface area contributed by atoms with Crippen molar-refractivity contribution in [1.29, 1.82) is 0 Å². The summed E-state index contributed by atoms with van der Waals surface area (Å²) in [6.45, 7) is 3.36. The first-order chi connectivity index (χ1) is 12.2. The van der Waals surface area contributed by atoms with Gasteiger partial charge in [-0.3, -0.25) is 4.79 Å². The monoisotopic (exact) mass is 346 g/mol. The van der Waals surface area contributed by atoms with E-state index >= 15 is 0 Å². The molecule has 2 fully saturated rings. The molecular weight excluding hydrogens is 316 g/mol. The van der Waals surface area contributed by atoms with Gasteiger partial charge in [-0.2, -0.15) is 0 Å². The summed E-state index contributed by atoms with van der Waals surface area (Å²) in [6.07, 6.45) is 4.64. The number of hydrogen-bond donors (Lipinski definition) is 1. The van der Waals surface area contributed by atoms with Crippen LogP contribution >= 0.6 is 0 Å². The molecule has 138 valence electrons. The van der Waals surface area contributed by atoms with Gasteiger partial charge in [-0.15, -0.1) is 0 Å². The Morgan fingerprint density at radius 2 is 1.88 bits per heavy atom. The standard InChI is InChI=1S/C20H30N2O3/c1-24-18-6-4-3-5-17(18)15-16-7-13-22(14-8-16)19(23)20(25-2)9-11-21-12-10-20/h3-6,16,21H,7-15H2,1-2H3. The number of benzene rings is 1. The summed E-state index contributed by atoms with van der Waals surface area (Å²) >= 11 is 0. The Morgan fingerprint density at radius 3 is 2.52 bits per heavy atom. The van der Waals surface area contributed by atoms with Gasteiger partial charge in [0.25, 0.3) is 5.91 Å². The molecule has 0 bridgehead atoms. The van der Waals surface area contributed by atoms with E-state index < -0.39 is 5.60 Å². The van der Waals surface area contributed by atoms with Crippen molar-refractivity contribution in [1.82, 2.24) is 10.2 Å². The third-order valence-electron chi connectivity index (χ3n) is 5.79. The first-order valence-corrected chi connectivity index (χ1v) is 9.35. The van der Waals surface area contributed by atoms with Crippen LogP contribution in [-0.4, -0.2) is 56.8 Å². The molecule has 0 aromatic heterocycles. The third-order valence-corrected chi connectivity index (χ3v) is 5.79. The van der Waals surface area contributed by atoms with Crippen LogP contribution in [-0.2, 0) is 16.0 Å². The molecule has 1 N–H and O–H groups in total. The van der Waals surface area contributed by atoms with Gasteiger partial charge in [0.15, 0.2) is 0 Å². The van der Waals surface area contributed by atoms with E-state index in [0.29, 0.717) is 5.92 Å². The maximum Gasteiger partial charge on any atom is 0.254 e. The summed E-state index contributed by atoms with van der Waals surface area (Å²) in [5, 5.41) is 3.31. The molecule has 2 saturated heterocycles. The van der Waals surface area contributed by atoms with Gasteiger partial charge in [0.05, 0.1) is 7.11 Å². The van der Waals surface area contributed by atoms with E-state index in [1.165, 1.54) is 5.56 Å². The van der Waals surface area contributed by atoms with Crippen LogP contribution in [0.15, 0.2) is 24.3 Å². The number of para-hydroxylation sites is 1. The molecule has 1 aromatic carbocycles. The summed E-state index contributed by atoms with van der Waals surface area (Å²) in [7, 11) is 3.40. The smallest absolute Gasteiger partial charge is 0.254 e. The minimum absolute atomic E-state index is 0.187. The number of amides is 1. The fraction of sp³-hybridized carbons (Fsp3) is 0.650. The summed E-state index contributed by atoms with van der Waals surface area (Å²) < 4.78 is 11.2.